The van der Waals surface area contributed by atoms with E-state index in [1.165, 1.54) is 16.7 Å². The maximum atomic E-state index is 13.0. The van der Waals surface area contributed by atoms with Crippen LogP contribution in [0.3, 0.4) is 0 Å². The second kappa shape index (κ2) is 8.72. The highest BCUT2D eigenvalue weighted by Gasteiger charge is 2.43. The molecule has 10 heteroatoms. The molecular weight excluding hydrogens is 360 g/mol. The zero-order valence-corrected chi connectivity index (χ0v) is 15.7. The van der Waals surface area contributed by atoms with Crippen LogP contribution in [-0.4, -0.2) is 81.6 Å². The molecule has 3 amide bonds. The maximum absolute atomic E-state index is 13.0. The molecule has 2 heterocycles. The number of thiol groups is 1. The Morgan fingerprint density at radius 2 is 1.73 bits per heavy atom. The van der Waals surface area contributed by atoms with Crippen molar-refractivity contribution >= 4 is 36.3 Å². The van der Waals surface area contributed by atoms with Crippen molar-refractivity contribution in [2.45, 2.75) is 56.8 Å². The van der Waals surface area contributed by atoms with Gasteiger partial charge in [0.2, 0.25) is 17.7 Å². The zero-order chi connectivity index (χ0) is 19.4. The van der Waals surface area contributed by atoms with E-state index in [-0.39, 0.29) is 17.6 Å². The SMILES string of the molecule is CC(NC(=O)C1CCCN1C(=O)C1CCCN1C(=O)C(N)CS)C(=O)O. The Bertz CT molecular complexity index is 587. The average Bonchev–Trinajstić information content (AvgIpc) is 3.28. The standard InChI is InChI=1S/C16H26N4O5S/c1-9(16(24)25)18-13(21)11-4-2-6-19(11)15(23)12-5-3-7-20(12)14(22)10(17)8-26/h9-12,26H,2-8,17H2,1H3,(H,18,21)(H,24,25). The van der Waals surface area contributed by atoms with E-state index in [9.17, 15) is 19.2 Å². The van der Waals surface area contributed by atoms with E-state index in [0.717, 1.165) is 0 Å². The third kappa shape index (κ3) is 4.29. The fourth-order valence-corrected chi connectivity index (χ4v) is 3.60. The molecule has 0 aromatic heterocycles. The van der Waals surface area contributed by atoms with Crippen LogP contribution in [0.4, 0.5) is 0 Å². The minimum Gasteiger partial charge on any atom is -0.480 e. The van der Waals surface area contributed by atoms with Crippen molar-refractivity contribution in [3.05, 3.63) is 0 Å². The number of nitrogens with one attached hydrogen (secondary N) is 1. The highest BCUT2D eigenvalue weighted by molar-refractivity contribution is 7.80. The van der Waals surface area contributed by atoms with Crippen LogP contribution < -0.4 is 11.1 Å². The van der Waals surface area contributed by atoms with Crippen LogP contribution in [0, 0.1) is 0 Å². The molecule has 2 fully saturated rings. The van der Waals surface area contributed by atoms with Gasteiger partial charge >= 0.3 is 5.97 Å². The highest BCUT2D eigenvalue weighted by atomic mass is 32.1. The second-order valence-electron chi connectivity index (χ2n) is 6.74. The van der Waals surface area contributed by atoms with E-state index in [1.54, 1.807) is 0 Å². The molecule has 0 bridgehead atoms. The number of likely N-dealkylation sites (tertiary alicyclic amines) is 2. The molecule has 2 saturated heterocycles. The molecule has 9 nitrogen and oxygen atoms in total. The molecule has 0 aliphatic carbocycles. The third-order valence-electron chi connectivity index (χ3n) is 4.90. The number of carbonyl (C=O) groups is 4. The number of nitrogens with two attached hydrogens (primary N) is 1. The molecule has 0 saturated carbocycles. The predicted molar refractivity (Wildman–Crippen MR) is 96.5 cm³/mol. The van der Waals surface area contributed by atoms with Crippen LogP contribution in [-0.2, 0) is 19.2 Å². The van der Waals surface area contributed by atoms with Crippen molar-refractivity contribution in [1.29, 1.82) is 0 Å². The van der Waals surface area contributed by atoms with Crippen molar-refractivity contribution in [2.24, 2.45) is 5.73 Å². The number of hydrogen-bond donors (Lipinski definition) is 4. The summed E-state index contributed by atoms with van der Waals surface area (Å²) in [5.41, 5.74) is 5.76. The van der Waals surface area contributed by atoms with Crippen molar-refractivity contribution in [3.8, 4) is 0 Å². The van der Waals surface area contributed by atoms with Gasteiger partial charge in [-0.25, -0.2) is 0 Å². The Morgan fingerprint density at radius 1 is 1.15 bits per heavy atom. The van der Waals surface area contributed by atoms with Gasteiger partial charge in [-0.05, 0) is 32.6 Å². The van der Waals surface area contributed by atoms with Crippen molar-refractivity contribution in [1.82, 2.24) is 15.1 Å². The lowest BCUT2D eigenvalue weighted by Gasteiger charge is -2.32. The number of aliphatic carboxylic acids is 1. The van der Waals surface area contributed by atoms with E-state index in [1.807, 2.05) is 0 Å². The minimum absolute atomic E-state index is 0.193. The molecule has 2 aliphatic heterocycles. The van der Waals surface area contributed by atoms with E-state index < -0.39 is 36.0 Å². The number of carboxylic acid groups (broad SMARTS) is 1. The summed E-state index contributed by atoms with van der Waals surface area (Å²) in [7, 11) is 0. The van der Waals surface area contributed by atoms with Gasteiger partial charge in [-0.3, -0.25) is 19.2 Å². The predicted octanol–water partition coefficient (Wildman–Crippen LogP) is -1.19. The van der Waals surface area contributed by atoms with E-state index in [4.69, 9.17) is 10.8 Å². The number of amides is 3. The molecule has 4 unspecified atom stereocenters. The molecule has 0 spiro atoms. The molecule has 0 radical (unpaired) electrons. The van der Waals surface area contributed by atoms with Gasteiger partial charge in [0.1, 0.15) is 18.1 Å². The number of hydrogen-bond acceptors (Lipinski definition) is 6. The lowest BCUT2D eigenvalue weighted by molar-refractivity contribution is -0.147. The van der Waals surface area contributed by atoms with Gasteiger partial charge in [-0.15, -0.1) is 0 Å². The van der Waals surface area contributed by atoms with Crippen LogP contribution >= 0.6 is 12.6 Å². The summed E-state index contributed by atoms with van der Waals surface area (Å²) in [5.74, 6) is -2.01. The van der Waals surface area contributed by atoms with E-state index >= 15 is 0 Å². The van der Waals surface area contributed by atoms with Crippen LogP contribution in [0.2, 0.25) is 0 Å². The first-order valence-electron chi connectivity index (χ1n) is 8.78. The van der Waals surface area contributed by atoms with Crippen molar-refractivity contribution < 1.29 is 24.3 Å². The summed E-state index contributed by atoms with van der Waals surface area (Å²) in [6.45, 7) is 2.24. The second-order valence-corrected chi connectivity index (χ2v) is 7.10. The summed E-state index contributed by atoms with van der Waals surface area (Å²) in [4.78, 5) is 51.6. The van der Waals surface area contributed by atoms with Gasteiger partial charge < -0.3 is 26.0 Å². The van der Waals surface area contributed by atoms with Gasteiger partial charge in [0.25, 0.3) is 0 Å². The number of rotatable bonds is 6. The molecule has 2 aliphatic rings. The van der Waals surface area contributed by atoms with Gasteiger partial charge in [-0.1, -0.05) is 0 Å². The first-order valence-corrected chi connectivity index (χ1v) is 9.41. The van der Waals surface area contributed by atoms with E-state index in [0.29, 0.717) is 38.8 Å². The normalized spacial score (nSPS) is 25.0. The monoisotopic (exact) mass is 386 g/mol. The largest absolute Gasteiger partial charge is 0.480 e. The molecule has 4 atom stereocenters. The molecule has 2 rings (SSSR count). The van der Waals surface area contributed by atoms with Crippen molar-refractivity contribution in [2.75, 3.05) is 18.8 Å². The first-order chi connectivity index (χ1) is 12.3. The summed E-state index contributed by atoms with van der Waals surface area (Å²) >= 11 is 4.04. The van der Waals surface area contributed by atoms with Crippen molar-refractivity contribution in [3.63, 3.8) is 0 Å². The number of carboxylic acids is 1. The molecule has 26 heavy (non-hydrogen) atoms. The molecule has 146 valence electrons. The van der Waals surface area contributed by atoms with Crippen LogP contribution in [0.15, 0.2) is 0 Å². The fraction of sp³-hybridized carbons (Fsp3) is 0.750. The summed E-state index contributed by atoms with van der Waals surface area (Å²) < 4.78 is 0. The fourth-order valence-electron chi connectivity index (χ4n) is 3.44. The Balaban J connectivity index is 2.08. The molecule has 0 aromatic rings. The zero-order valence-electron chi connectivity index (χ0n) is 14.8. The van der Waals surface area contributed by atoms with Gasteiger partial charge in [-0.2, -0.15) is 12.6 Å². The molecule has 0 aromatic carbocycles. The van der Waals surface area contributed by atoms with Gasteiger partial charge in [0, 0.05) is 18.8 Å². The Kier molecular flexibility index (Phi) is 6.87. The summed E-state index contributed by atoms with van der Waals surface area (Å²) in [6.07, 6.45) is 2.35. The maximum Gasteiger partial charge on any atom is 0.325 e. The van der Waals surface area contributed by atoms with Crippen LogP contribution in [0.25, 0.3) is 0 Å². The van der Waals surface area contributed by atoms with Crippen LogP contribution in [0.5, 0.6) is 0 Å². The van der Waals surface area contributed by atoms with Crippen LogP contribution in [0.1, 0.15) is 32.6 Å². The molecule has 4 N–H and O–H groups in total. The van der Waals surface area contributed by atoms with E-state index in [2.05, 4.69) is 17.9 Å². The van der Waals surface area contributed by atoms with Gasteiger partial charge in [0.05, 0.1) is 6.04 Å². The number of nitrogens with zero attached hydrogens (tertiary/aromatic N) is 2. The summed E-state index contributed by atoms with van der Waals surface area (Å²) in [5, 5.41) is 11.4. The average molecular weight is 386 g/mol. The summed E-state index contributed by atoms with van der Waals surface area (Å²) in [6, 6.07) is -3.13. The molecular formula is C16H26N4O5S. The topological polar surface area (TPSA) is 133 Å². The number of carbonyl (C=O) groups excluding carboxylic acids is 3. The lowest BCUT2D eigenvalue weighted by Crippen LogP contribution is -2.56. The smallest absolute Gasteiger partial charge is 0.325 e. The Labute approximate surface area is 157 Å². The Morgan fingerprint density at radius 3 is 2.31 bits per heavy atom. The highest BCUT2D eigenvalue weighted by Crippen LogP contribution is 2.25. The quantitative estimate of drug-likeness (QED) is 0.425. The lowest BCUT2D eigenvalue weighted by atomic mass is 10.1. The first kappa shape index (κ1) is 20.5. The third-order valence-corrected chi connectivity index (χ3v) is 5.30. The minimum atomic E-state index is -1.14. The van der Waals surface area contributed by atoms with Gasteiger partial charge in [0.15, 0.2) is 0 Å². The Hall–Kier alpha value is -1.81.